The van der Waals surface area contributed by atoms with E-state index in [4.69, 9.17) is 0 Å². The summed E-state index contributed by atoms with van der Waals surface area (Å²) in [6.07, 6.45) is -2.84. The van der Waals surface area contributed by atoms with Crippen LogP contribution in [0, 0.1) is 6.92 Å². The molecule has 1 amide bonds. The number of fused-ring (bicyclic) bond motifs is 1. The largest absolute Gasteiger partial charge is 0.416 e. The van der Waals surface area contributed by atoms with Crippen molar-refractivity contribution in [3.8, 4) is 0 Å². The second-order valence-corrected chi connectivity index (χ2v) is 5.29. The first kappa shape index (κ1) is 16.0. The van der Waals surface area contributed by atoms with Crippen LogP contribution in [0.15, 0.2) is 42.6 Å². The smallest absolute Gasteiger partial charge is 0.323 e. The molecule has 3 aromatic rings. The molecular formula is C16H13F3N4O. The van der Waals surface area contributed by atoms with Gasteiger partial charge >= 0.3 is 6.18 Å². The van der Waals surface area contributed by atoms with E-state index in [1.165, 1.54) is 12.1 Å². The summed E-state index contributed by atoms with van der Waals surface area (Å²) in [5.41, 5.74) is 0.442. The number of pyridine rings is 1. The fraction of sp³-hybridized carbons (Fsp3) is 0.188. The van der Waals surface area contributed by atoms with Gasteiger partial charge in [0.15, 0.2) is 5.65 Å². The Kier molecular flexibility index (Phi) is 3.96. The Bertz CT molecular complexity index is 902. The third-order valence-corrected chi connectivity index (χ3v) is 3.50. The maximum Gasteiger partial charge on any atom is 0.416 e. The molecular weight excluding hydrogens is 321 g/mol. The van der Waals surface area contributed by atoms with Crippen LogP contribution in [-0.4, -0.2) is 20.5 Å². The lowest BCUT2D eigenvalue weighted by molar-refractivity contribution is -0.137. The van der Waals surface area contributed by atoms with Crippen molar-refractivity contribution in [2.24, 2.45) is 0 Å². The fourth-order valence-corrected chi connectivity index (χ4v) is 2.37. The molecule has 0 saturated heterocycles. The highest BCUT2D eigenvalue weighted by Crippen LogP contribution is 2.29. The zero-order valence-corrected chi connectivity index (χ0v) is 12.6. The Balaban J connectivity index is 1.78. The first-order valence-corrected chi connectivity index (χ1v) is 7.11. The highest BCUT2D eigenvalue weighted by Gasteiger charge is 2.30. The molecule has 0 bridgehead atoms. The van der Waals surface area contributed by atoms with E-state index in [2.05, 4.69) is 15.5 Å². The number of anilines is 1. The molecule has 0 aliphatic rings. The van der Waals surface area contributed by atoms with Crippen molar-refractivity contribution in [2.75, 3.05) is 5.32 Å². The average Bonchev–Trinajstić information content (AvgIpc) is 2.89. The van der Waals surface area contributed by atoms with Gasteiger partial charge in [-0.1, -0.05) is 18.2 Å². The Morgan fingerprint density at radius 3 is 2.75 bits per heavy atom. The van der Waals surface area contributed by atoms with Crippen molar-refractivity contribution in [1.82, 2.24) is 14.6 Å². The van der Waals surface area contributed by atoms with E-state index >= 15 is 0 Å². The van der Waals surface area contributed by atoms with Gasteiger partial charge in [0.25, 0.3) is 0 Å². The summed E-state index contributed by atoms with van der Waals surface area (Å²) in [4.78, 5) is 12.1. The van der Waals surface area contributed by atoms with Crippen LogP contribution in [0.4, 0.5) is 18.9 Å². The van der Waals surface area contributed by atoms with Crippen LogP contribution < -0.4 is 5.32 Å². The zero-order valence-electron chi connectivity index (χ0n) is 12.6. The standard InChI is InChI=1S/C16H13F3N4O/c1-10-21-22-15-13(6-3-7-23(10)15)20-14(24)9-11-4-2-5-12(8-11)16(17,18)19/h2-8H,9H2,1H3,(H,20,24). The molecule has 124 valence electrons. The van der Waals surface area contributed by atoms with Crippen molar-refractivity contribution in [3.63, 3.8) is 0 Å². The molecule has 0 radical (unpaired) electrons. The number of aromatic nitrogens is 3. The number of aryl methyl sites for hydroxylation is 1. The number of carbonyl (C=O) groups excluding carboxylic acids is 1. The van der Waals surface area contributed by atoms with E-state index in [0.717, 1.165) is 12.1 Å². The molecule has 2 heterocycles. The monoisotopic (exact) mass is 334 g/mol. The minimum atomic E-state index is -4.43. The molecule has 24 heavy (non-hydrogen) atoms. The lowest BCUT2D eigenvalue weighted by Gasteiger charge is -2.09. The normalized spacial score (nSPS) is 11.7. The Labute approximate surface area is 135 Å². The summed E-state index contributed by atoms with van der Waals surface area (Å²) in [6, 6.07) is 8.10. The van der Waals surface area contributed by atoms with Crippen molar-refractivity contribution in [3.05, 3.63) is 59.5 Å². The number of nitrogens with one attached hydrogen (secondary N) is 1. The van der Waals surface area contributed by atoms with Crippen LogP contribution in [0.3, 0.4) is 0 Å². The predicted octanol–water partition coefficient (Wildman–Crippen LogP) is 3.24. The molecule has 0 fully saturated rings. The Hall–Kier alpha value is -2.90. The van der Waals surface area contributed by atoms with Gasteiger partial charge in [-0.05, 0) is 30.7 Å². The third-order valence-electron chi connectivity index (χ3n) is 3.50. The van der Waals surface area contributed by atoms with Gasteiger partial charge in [0.05, 0.1) is 17.7 Å². The second kappa shape index (κ2) is 5.95. The number of halogens is 3. The van der Waals surface area contributed by atoms with E-state index in [9.17, 15) is 18.0 Å². The summed E-state index contributed by atoms with van der Waals surface area (Å²) >= 11 is 0. The van der Waals surface area contributed by atoms with Crippen LogP contribution >= 0.6 is 0 Å². The Morgan fingerprint density at radius 2 is 2.00 bits per heavy atom. The molecule has 8 heteroatoms. The van der Waals surface area contributed by atoms with Gasteiger partial charge in [0.1, 0.15) is 5.82 Å². The molecule has 1 aromatic carbocycles. The minimum Gasteiger partial charge on any atom is -0.323 e. The van der Waals surface area contributed by atoms with Crippen LogP contribution in [0.5, 0.6) is 0 Å². The van der Waals surface area contributed by atoms with E-state index in [1.54, 1.807) is 29.7 Å². The summed E-state index contributed by atoms with van der Waals surface area (Å²) < 4.78 is 39.8. The van der Waals surface area contributed by atoms with Gasteiger partial charge in [-0.25, -0.2) is 0 Å². The maximum atomic E-state index is 12.7. The van der Waals surface area contributed by atoms with E-state index in [1.807, 2.05) is 0 Å². The van der Waals surface area contributed by atoms with E-state index in [-0.39, 0.29) is 12.0 Å². The lowest BCUT2D eigenvalue weighted by atomic mass is 10.1. The fourth-order valence-electron chi connectivity index (χ4n) is 2.37. The number of benzene rings is 1. The molecule has 0 unspecified atom stereocenters. The van der Waals surface area contributed by atoms with Gasteiger partial charge in [-0.3, -0.25) is 9.20 Å². The Morgan fingerprint density at radius 1 is 1.21 bits per heavy atom. The number of amides is 1. The number of rotatable bonds is 3. The first-order chi connectivity index (χ1) is 11.3. The molecule has 2 aromatic heterocycles. The lowest BCUT2D eigenvalue weighted by Crippen LogP contribution is -2.16. The molecule has 1 N–H and O–H groups in total. The maximum absolute atomic E-state index is 12.7. The van der Waals surface area contributed by atoms with Gasteiger partial charge in [0, 0.05) is 6.20 Å². The molecule has 0 atom stereocenters. The summed E-state index contributed by atoms with van der Waals surface area (Å²) in [5.74, 6) is 0.238. The van der Waals surface area contributed by atoms with Crippen molar-refractivity contribution in [1.29, 1.82) is 0 Å². The molecule has 0 aliphatic carbocycles. The average molecular weight is 334 g/mol. The van der Waals surface area contributed by atoms with Crippen LogP contribution in [0.1, 0.15) is 17.0 Å². The zero-order chi connectivity index (χ0) is 17.3. The summed E-state index contributed by atoms with van der Waals surface area (Å²) in [6.45, 7) is 1.77. The first-order valence-electron chi connectivity index (χ1n) is 7.11. The predicted molar refractivity (Wildman–Crippen MR) is 81.5 cm³/mol. The van der Waals surface area contributed by atoms with Crippen molar-refractivity contribution >= 4 is 17.2 Å². The van der Waals surface area contributed by atoms with Crippen LogP contribution in [0.25, 0.3) is 5.65 Å². The number of hydrogen-bond donors (Lipinski definition) is 1. The molecule has 5 nitrogen and oxygen atoms in total. The van der Waals surface area contributed by atoms with Gasteiger partial charge in [0.2, 0.25) is 5.91 Å². The second-order valence-electron chi connectivity index (χ2n) is 5.29. The number of carbonyl (C=O) groups is 1. The summed E-state index contributed by atoms with van der Waals surface area (Å²) in [5, 5.41) is 10.6. The molecule has 0 saturated carbocycles. The highest BCUT2D eigenvalue weighted by molar-refractivity contribution is 5.95. The molecule has 0 aliphatic heterocycles. The van der Waals surface area contributed by atoms with E-state index in [0.29, 0.717) is 17.2 Å². The topological polar surface area (TPSA) is 59.3 Å². The van der Waals surface area contributed by atoms with Gasteiger partial charge < -0.3 is 5.32 Å². The molecule has 3 rings (SSSR count). The number of hydrogen-bond acceptors (Lipinski definition) is 3. The van der Waals surface area contributed by atoms with Gasteiger partial charge in [-0.15, -0.1) is 10.2 Å². The third kappa shape index (κ3) is 3.22. The van der Waals surface area contributed by atoms with Crippen molar-refractivity contribution in [2.45, 2.75) is 19.5 Å². The highest BCUT2D eigenvalue weighted by atomic mass is 19.4. The van der Waals surface area contributed by atoms with Crippen LogP contribution in [-0.2, 0) is 17.4 Å². The number of nitrogens with zero attached hydrogens (tertiary/aromatic N) is 3. The van der Waals surface area contributed by atoms with Crippen LogP contribution in [0.2, 0.25) is 0 Å². The van der Waals surface area contributed by atoms with E-state index < -0.39 is 17.6 Å². The molecule has 0 spiro atoms. The van der Waals surface area contributed by atoms with Gasteiger partial charge in [-0.2, -0.15) is 13.2 Å². The quantitative estimate of drug-likeness (QED) is 0.800. The number of alkyl halides is 3. The van der Waals surface area contributed by atoms with Crippen molar-refractivity contribution < 1.29 is 18.0 Å². The minimum absolute atomic E-state index is 0.169. The summed E-state index contributed by atoms with van der Waals surface area (Å²) in [7, 11) is 0. The SMILES string of the molecule is Cc1nnc2c(NC(=O)Cc3cccc(C(F)(F)F)c3)cccn12.